The van der Waals surface area contributed by atoms with Crippen LogP contribution in [0.4, 0.5) is 19.1 Å². The molecule has 0 spiro atoms. The molecule has 164 valence electrons. The van der Waals surface area contributed by atoms with Crippen molar-refractivity contribution in [3.63, 3.8) is 0 Å². The van der Waals surface area contributed by atoms with Crippen molar-refractivity contribution in [3.05, 3.63) is 51.8 Å². The van der Waals surface area contributed by atoms with Crippen LogP contribution >= 0.6 is 11.6 Å². The summed E-state index contributed by atoms with van der Waals surface area (Å²) in [4.78, 5) is 20.5. The van der Waals surface area contributed by atoms with E-state index in [4.69, 9.17) is 22.1 Å². The first kappa shape index (κ1) is 22.3. The molecule has 1 aliphatic heterocycles. The number of hydrazone groups is 1. The number of nitrogens with one attached hydrogen (secondary N) is 1. The van der Waals surface area contributed by atoms with E-state index in [9.17, 15) is 18.0 Å². The summed E-state index contributed by atoms with van der Waals surface area (Å²) in [7, 11) is 0. The highest BCUT2D eigenvalue weighted by atomic mass is 35.5. The van der Waals surface area contributed by atoms with E-state index in [2.05, 4.69) is 20.5 Å². The molecule has 1 aromatic heterocycles. The molecule has 2 aromatic rings. The molecule has 12 heteroatoms. The fourth-order valence-corrected chi connectivity index (χ4v) is 3.28. The Bertz CT molecular complexity index is 1040. The van der Waals surface area contributed by atoms with Crippen LogP contribution in [0.25, 0.3) is 0 Å². The average Bonchev–Trinajstić information content (AvgIpc) is 2.70. The lowest BCUT2D eigenvalue weighted by Crippen LogP contribution is -2.32. The number of hydrogen-bond acceptors (Lipinski definition) is 7. The lowest BCUT2D eigenvalue weighted by Gasteiger charge is -2.31. The fourth-order valence-electron chi connectivity index (χ4n) is 3.12. The van der Waals surface area contributed by atoms with Crippen LogP contribution in [-0.2, 0) is 23.9 Å². The summed E-state index contributed by atoms with van der Waals surface area (Å²) >= 11 is 6.16. The van der Waals surface area contributed by atoms with Gasteiger partial charge in [-0.25, -0.2) is 10.4 Å². The van der Waals surface area contributed by atoms with Crippen LogP contribution in [0.5, 0.6) is 11.6 Å². The molecule has 1 amide bonds. The smallest absolute Gasteiger partial charge is 0.419 e. The van der Waals surface area contributed by atoms with Crippen LogP contribution in [0.3, 0.4) is 0 Å². The summed E-state index contributed by atoms with van der Waals surface area (Å²) in [5.41, 5.74) is 8.62. The number of halogens is 4. The first-order valence-corrected chi connectivity index (χ1v) is 9.41. The van der Waals surface area contributed by atoms with Crippen molar-refractivity contribution in [2.45, 2.75) is 26.1 Å². The van der Waals surface area contributed by atoms with Crippen LogP contribution in [0.15, 0.2) is 40.1 Å². The van der Waals surface area contributed by atoms with E-state index in [-0.39, 0.29) is 24.1 Å². The molecule has 0 saturated heterocycles. The molecule has 8 nitrogen and oxygen atoms in total. The third-order valence-corrected chi connectivity index (χ3v) is 4.64. The molecule has 1 aromatic carbocycles. The summed E-state index contributed by atoms with van der Waals surface area (Å²) in [5.74, 6) is -0.533. The number of carbonyl (C=O) groups is 1. The molecule has 0 radical (unpaired) electrons. The minimum atomic E-state index is -4.58. The number of para-hydroxylation sites is 1. The van der Waals surface area contributed by atoms with E-state index >= 15 is 0 Å². The highest BCUT2D eigenvalue weighted by Crippen LogP contribution is 2.39. The van der Waals surface area contributed by atoms with Crippen LogP contribution in [0, 0.1) is 0 Å². The van der Waals surface area contributed by atoms with Gasteiger partial charge >= 0.3 is 6.18 Å². The van der Waals surface area contributed by atoms with E-state index in [0.29, 0.717) is 41.4 Å². The van der Waals surface area contributed by atoms with Crippen LogP contribution in [-0.4, -0.2) is 34.0 Å². The number of anilines is 1. The van der Waals surface area contributed by atoms with Gasteiger partial charge in [-0.05, 0) is 25.5 Å². The molecule has 2 heterocycles. The van der Waals surface area contributed by atoms with Gasteiger partial charge in [0, 0.05) is 17.1 Å². The van der Waals surface area contributed by atoms with E-state index in [1.807, 2.05) is 4.90 Å². The first-order chi connectivity index (χ1) is 14.7. The molecule has 0 atom stereocenters. The zero-order valence-electron chi connectivity index (χ0n) is 16.3. The number of nitrogens with zero attached hydrogens (tertiary/aromatic N) is 4. The van der Waals surface area contributed by atoms with Gasteiger partial charge in [-0.3, -0.25) is 4.79 Å². The Labute approximate surface area is 180 Å². The zero-order chi connectivity index (χ0) is 22.6. The predicted octanol–water partition coefficient (Wildman–Crippen LogP) is 3.43. The molecular weight excluding hydrogens is 437 g/mol. The second-order valence-corrected chi connectivity index (χ2v) is 7.07. The predicted molar refractivity (Wildman–Crippen MR) is 108 cm³/mol. The van der Waals surface area contributed by atoms with Crippen molar-refractivity contribution in [2.75, 3.05) is 12.3 Å². The Morgan fingerprint density at radius 2 is 2.10 bits per heavy atom. The van der Waals surface area contributed by atoms with E-state index in [1.54, 1.807) is 6.92 Å². The summed E-state index contributed by atoms with van der Waals surface area (Å²) < 4.78 is 45.5. The van der Waals surface area contributed by atoms with Crippen molar-refractivity contribution < 1.29 is 22.7 Å². The van der Waals surface area contributed by atoms with Gasteiger partial charge < -0.3 is 15.4 Å². The molecule has 3 N–H and O–H groups in total. The maximum absolute atomic E-state index is 13.3. The highest BCUT2D eigenvalue weighted by Gasteiger charge is 2.35. The molecule has 0 bridgehead atoms. The summed E-state index contributed by atoms with van der Waals surface area (Å²) in [6.45, 7) is 2.34. The Hall–Kier alpha value is -3.34. The molecular formula is C19H18ClF3N6O2. The number of nitrogen functional groups attached to an aromatic ring is 1. The van der Waals surface area contributed by atoms with Gasteiger partial charge in [0.1, 0.15) is 5.75 Å². The second-order valence-electron chi connectivity index (χ2n) is 6.50. The Kier molecular flexibility index (Phi) is 6.64. The van der Waals surface area contributed by atoms with E-state index in [0.717, 1.165) is 6.07 Å². The number of amides is 1. The number of aromatic nitrogens is 2. The van der Waals surface area contributed by atoms with Gasteiger partial charge in [0.15, 0.2) is 0 Å². The third kappa shape index (κ3) is 5.23. The molecule has 3 rings (SSSR count). The van der Waals surface area contributed by atoms with Crippen molar-refractivity contribution in [3.8, 4) is 11.6 Å². The summed E-state index contributed by atoms with van der Waals surface area (Å²) in [6.07, 6.45) is -2.41. The Balaban J connectivity index is 1.93. The number of fused-ring (bicyclic) bond motifs is 1. The van der Waals surface area contributed by atoms with Crippen LogP contribution in [0.1, 0.15) is 23.7 Å². The van der Waals surface area contributed by atoms with Crippen molar-refractivity contribution >= 4 is 30.2 Å². The van der Waals surface area contributed by atoms with Crippen molar-refractivity contribution in [2.24, 2.45) is 5.10 Å². The van der Waals surface area contributed by atoms with Gasteiger partial charge in [0.05, 0.1) is 29.7 Å². The molecule has 1 aliphatic rings. The number of hydrogen-bond donors (Lipinski definition) is 2. The number of carbonyl (C=O) groups excluding carboxylic acids is 1. The molecule has 31 heavy (non-hydrogen) atoms. The van der Waals surface area contributed by atoms with Crippen LogP contribution < -0.4 is 15.9 Å². The minimum absolute atomic E-state index is 0.0248. The van der Waals surface area contributed by atoms with Crippen LogP contribution in [0.2, 0.25) is 0 Å². The number of nitrogens with two attached hydrogens (primary N) is 1. The lowest BCUT2D eigenvalue weighted by atomic mass is 10.1. The standard InChI is InChI=1S/C19H18ClF3N6O2/c1-11(20)15(8-25-26-10-30)29-7-6-12-14(9-29)27-18(24)28-17(12)31-16-5-3-2-4-13(16)19(21,22)23/h2-5,8,10H,6-7,9H2,1H3,(H,26,30)(H2,24,27,28)/b15-11-,25-8-. The van der Waals surface area contributed by atoms with Gasteiger partial charge in [0.25, 0.3) is 0 Å². The second kappa shape index (κ2) is 9.21. The quantitative estimate of drug-likeness (QED) is 0.393. The maximum Gasteiger partial charge on any atom is 0.419 e. The average molecular weight is 455 g/mol. The van der Waals surface area contributed by atoms with E-state index < -0.39 is 11.7 Å². The number of allylic oxidation sites excluding steroid dienone is 2. The van der Waals surface area contributed by atoms with Gasteiger partial charge in [-0.1, -0.05) is 23.7 Å². The topological polar surface area (TPSA) is 106 Å². The van der Waals surface area contributed by atoms with Gasteiger partial charge in [0.2, 0.25) is 18.2 Å². The van der Waals surface area contributed by atoms with Crippen molar-refractivity contribution in [1.29, 1.82) is 0 Å². The van der Waals surface area contributed by atoms with Crippen molar-refractivity contribution in [1.82, 2.24) is 20.3 Å². The monoisotopic (exact) mass is 454 g/mol. The molecule has 0 saturated carbocycles. The normalized spacial score (nSPS) is 14.8. The Morgan fingerprint density at radius 1 is 1.35 bits per heavy atom. The number of rotatable bonds is 6. The van der Waals surface area contributed by atoms with E-state index in [1.165, 1.54) is 24.4 Å². The minimum Gasteiger partial charge on any atom is -0.438 e. The summed E-state index contributed by atoms with van der Waals surface area (Å²) in [5, 5.41) is 4.18. The van der Waals surface area contributed by atoms with Gasteiger partial charge in [-0.15, -0.1) is 0 Å². The lowest BCUT2D eigenvalue weighted by molar-refractivity contribution is -0.138. The number of alkyl halides is 3. The first-order valence-electron chi connectivity index (χ1n) is 9.03. The third-order valence-electron chi connectivity index (χ3n) is 4.45. The molecule has 0 aliphatic carbocycles. The molecule has 0 unspecified atom stereocenters. The maximum atomic E-state index is 13.3. The summed E-state index contributed by atoms with van der Waals surface area (Å²) in [6, 6.07) is 4.87. The number of benzene rings is 1. The number of ether oxygens (including phenoxy) is 1. The largest absolute Gasteiger partial charge is 0.438 e. The molecule has 0 fully saturated rings. The fraction of sp³-hybridized carbons (Fsp3) is 0.263. The highest BCUT2D eigenvalue weighted by molar-refractivity contribution is 6.30. The SMILES string of the molecule is C/C(Cl)=C(\C=N/NC=O)N1CCc2c(nc(N)nc2Oc2ccccc2C(F)(F)F)C1. The Morgan fingerprint density at radius 3 is 2.77 bits per heavy atom. The zero-order valence-corrected chi connectivity index (χ0v) is 17.0. The van der Waals surface area contributed by atoms with Gasteiger partial charge in [-0.2, -0.15) is 23.3 Å².